The molecule has 0 fully saturated rings. The molecule has 2 rings (SSSR count). The molecule has 1 aromatic carbocycles. The van der Waals surface area contributed by atoms with Gasteiger partial charge in [-0.25, -0.2) is 0 Å². The van der Waals surface area contributed by atoms with Gasteiger partial charge in [-0.15, -0.1) is 0 Å². The lowest BCUT2D eigenvalue weighted by Gasteiger charge is -2.28. The zero-order chi connectivity index (χ0) is 17.4. The van der Waals surface area contributed by atoms with Gasteiger partial charge in [-0.3, -0.25) is 4.90 Å². The molecule has 0 radical (unpaired) electrons. The third-order valence-electron chi connectivity index (χ3n) is 5.16. The minimum Gasteiger partial charge on any atom is -0.372 e. The Bertz CT molecular complexity index is 544. The molecule has 0 saturated heterocycles. The van der Waals surface area contributed by atoms with E-state index in [1.165, 1.54) is 17.6 Å². The first-order chi connectivity index (χ1) is 11.5. The molecule has 0 aliphatic heterocycles. The van der Waals surface area contributed by atoms with Crippen molar-refractivity contribution < 1.29 is 4.74 Å². The van der Waals surface area contributed by atoms with Gasteiger partial charge in [-0.2, -0.15) is 0 Å². The maximum absolute atomic E-state index is 6.07. The van der Waals surface area contributed by atoms with E-state index >= 15 is 0 Å². The van der Waals surface area contributed by atoms with Crippen LogP contribution < -0.4 is 0 Å². The van der Waals surface area contributed by atoms with Crippen LogP contribution in [-0.4, -0.2) is 30.7 Å². The van der Waals surface area contributed by atoms with Crippen molar-refractivity contribution in [3.05, 3.63) is 59.7 Å². The Balaban J connectivity index is 1.73. The lowest BCUT2D eigenvalue weighted by atomic mass is 9.79. The summed E-state index contributed by atoms with van der Waals surface area (Å²) in [6.07, 6.45) is 9.26. The number of nitrogens with zero attached hydrogens (tertiary/aromatic N) is 1. The van der Waals surface area contributed by atoms with E-state index in [1.807, 2.05) is 0 Å². The van der Waals surface area contributed by atoms with Crippen LogP contribution in [0.4, 0.5) is 0 Å². The molecular formula is C22H33NO. The van der Waals surface area contributed by atoms with Gasteiger partial charge in [-0.05, 0) is 35.9 Å². The number of benzene rings is 1. The Labute approximate surface area is 148 Å². The second kappa shape index (κ2) is 9.19. The molecule has 0 saturated carbocycles. The number of allylic oxidation sites excluding steroid dienone is 2. The highest BCUT2D eigenvalue weighted by Crippen LogP contribution is 2.33. The Morgan fingerprint density at radius 3 is 2.50 bits per heavy atom. The van der Waals surface area contributed by atoms with Crippen molar-refractivity contribution >= 4 is 0 Å². The van der Waals surface area contributed by atoms with Crippen molar-refractivity contribution in [3.63, 3.8) is 0 Å². The number of hydrogen-bond donors (Lipinski definition) is 0. The summed E-state index contributed by atoms with van der Waals surface area (Å²) in [6.45, 7) is 12.9. The van der Waals surface area contributed by atoms with Gasteiger partial charge in [0.05, 0.1) is 12.7 Å². The normalized spacial score (nSPS) is 18.0. The summed E-state index contributed by atoms with van der Waals surface area (Å²) in [7, 11) is 0. The zero-order valence-electron chi connectivity index (χ0n) is 15.8. The number of hydrogen-bond acceptors (Lipinski definition) is 2. The van der Waals surface area contributed by atoms with E-state index in [0.717, 1.165) is 32.7 Å². The maximum atomic E-state index is 6.07. The molecule has 24 heavy (non-hydrogen) atoms. The monoisotopic (exact) mass is 327 g/mol. The van der Waals surface area contributed by atoms with Crippen LogP contribution in [-0.2, 0) is 11.3 Å². The molecule has 1 aromatic rings. The quantitative estimate of drug-likeness (QED) is 0.617. The molecule has 1 aliphatic rings. The SMILES string of the molecule is CCN(CCOC1C=CC(C(C)(C)CC)=CC1)Cc1ccccc1. The second-order valence-corrected chi connectivity index (χ2v) is 7.26. The fourth-order valence-electron chi connectivity index (χ4n) is 2.95. The van der Waals surface area contributed by atoms with Crippen molar-refractivity contribution in [2.24, 2.45) is 5.41 Å². The molecule has 0 N–H and O–H groups in total. The highest BCUT2D eigenvalue weighted by Gasteiger charge is 2.21. The van der Waals surface area contributed by atoms with E-state index in [-0.39, 0.29) is 11.5 Å². The summed E-state index contributed by atoms with van der Waals surface area (Å²) in [5.74, 6) is 0. The van der Waals surface area contributed by atoms with Crippen LogP contribution in [0.25, 0.3) is 0 Å². The van der Waals surface area contributed by atoms with E-state index in [1.54, 1.807) is 0 Å². The predicted molar refractivity (Wildman–Crippen MR) is 103 cm³/mol. The molecule has 0 aromatic heterocycles. The second-order valence-electron chi connectivity index (χ2n) is 7.26. The molecular weight excluding hydrogens is 294 g/mol. The van der Waals surface area contributed by atoms with Crippen LogP contribution in [0.5, 0.6) is 0 Å². The third-order valence-corrected chi connectivity index (χ3v) is 5.16. The van der Waals surface area contributed by atoms with E-state index < -0.39 is 0 Å². The molecule has 0 bridgehead atoms. The van der Waals surface area contributed by atoms with Crippen molar-refractivity contribution in [2.75, 3.05) is 19.7 Å². The largest absolute Gasteiger partial charge is 0.372 e. The number of ether oxygens (including phenoxy) is 1. The third kappa shape index (κ3) is 5.61. The van der Waals surface area contributed by atoms with Gasteiger partial charge < -0.3 is 4.74 Å². The molecule has 0 amide bonds. The summed E-state index contributed by atoms with van der Waals surface area (Å²) in [4.78, 5) is 2.43. The fraction of sp³-hybridized carbons (Fsp3) is 0.545. The molecule has 2 nitrogen and oxygen atoms in total. The molecule has 2 heteroatoms. The van der Waals surface area contributed by atoms with Crippen LogP contribution in [0.15, 0.2) is 54.1 Å². The first-order valence-corrected chi connectivity index (χ1v) is 9.32. The lowest BCUT2D eigenvalue weighted by molar-refractivity contribution is 0.0644. The Hall–Kier alpha value is -1.38. The van der Waals surface area contributed by atoms with Crippen molar-refractivity contribution in [1.82, 2.24) is 4.90 Å². The van der Waals surface area contributed by atoms with Gasteiger partial charge in [0.15, 0.2) is 0 Å². The van der Waals surface area contributed by atoms with Crippen LogP contribution in [0.2, 0.25) is 0 Å². The number of likely N-dealkylation sites (N-methyl/N-ethyl adjacent to an activating group) is 1. The molecule has 132 valence electrons. The topological polar surface area (TPSA) is 12.5 Å². The van der Waals surface area contributed by atoms with Gasteiger partial charge in [0, 0.05) is 13.1 Å². The summed E-state index contributed by atoms with van der Waals surface area (Å²) in [5, 5.41) is 0. The molecule has 1 aliphatic carbocycles. The van der Waals surface area contributed by atoms with E-state index in [0.29, 0.717) is 0 Å². The van der Waals surface area contributed by atoms with E-state index in [2.05, 4.69) is 81.2 Å². The molecule has 1 atom stereocenters. The minimum absolute atomic E-state index is 0.233. The predicted octanol–water partition coefficient (Wildman–Crippen LogP) is 5.22. The Morgan fingerprint density at radius 1 is 1.17 bits per heavy atom. The van der Waals surface area contributed by atoms with E-state index in [4.69, 9.17) is 4.74 Å². The average molecular weight is 328 g/mol. The van der Waals surface area contributed by atoms with Gasteiger partial charge in [0.2, 0.25) is 0 Å². The van der Waals surface area contributed by atoms with Crippen molar-refractivity contribution in [1.29, 1.82) is 0 Å². The van der Waals surface area contributed by atoms with Crippen LogP contribution in [0, 0.1) is 5.41 Å². The standard InChI is InChI=1S/C22H33NO/c1-5-22(3,4)20-12-14-21(15-13-20)24-17-16-23(6-2)18-19-10-8-7-9-11-19/h7-14,21H,5-6,15-18H2,1-4H3. The van der Waals surface area contributed by atoms with Gasteiger partial charge in [0.25, 0.3) is 0 Å². The molecule has 0 heterocycles. The fourth-order valence-corrected chi connectivity index (χ4v) is 2.95. The number of rotatable bonds is 9. The molecule has 1 unspecified atom stereocenters. The van der Waals surface area contributed by atoms with Crippen LogP contribution in [0.1, 0.15) is 46.1 Å². The van der Waals surface area contributed by atoms with Crippen molar-refractivity contribution in [2.45, 2.75) is 53.2 Å². The maximum Gasteiger partial charge on any atom is 0.0794 e. The van der Waals surface area contributed by atoms with Gasteiger partial charge in [-0.1, -0.05) is 76.3 Å². The molecule has 0 spiro atoms. The lowest BCUT2D eigenvalue weighted by Crippen LogP contribution is -2.28. The Morgan fingerprint density at radius 2 is 1.92 bits per heavy atom. The Kier molecular flexibility index (Phi) is 7.26. The summed E-state index contributed by atoms with van der Waals surface area (Å²) < 4.78 is 6.07. The van der Waals surface area contributed by atoms with Crippen LogP contribution >= 0.6 is 0 Å². The minimum atomic E-state index is 0.233. The first-order valence-electron chi connectivity index (χ1n) is 9.32. The summed E-state index contributed by atoms with van der Waals surface area (Å²) >= 11 is 0. The van der Waals surface area contributed by atoms with Crippen LogP contribution in [0.3, 0.4) is 0 Å². The van der Waals surface area contributed by atoms with Crippen molar-refractivity contribution in [3.8, 4) is 0 Å². The highest BCUT2D eigenvalue weighted by atomic mass is 16.5. The first kappa shape index (κ1) is 19.0. The average Bonchev–Trinajstić information content (AvgIpc) is 2.62. The highest BCUT2D eigenvalue weighted by molar-refractivity contribution is 5.29. The smallest absolute Gasteiger partial charge is 0.0794 e. The zero-order valence-corrected chi connectivity index (χ0v) is 15.8. The van der Waals surface area contributed by atoms with Gasteiger partial charge >= 0.3 is 0 Å². The summed E-state index contributed by atoms with van der Waals surface area (Å²) in [5.41, 5.74) is 3.09. The van der Waals surface area contributed by atoms with Gasteiger partial charge in [0.1, 0.15) is 0 Å². The van der Waals surface area contributed by atoms with E-state index in [9.17, 15) is 0 Å². The summed E-state index contributed by atoms with van der Waals surface area (Å²) in [6, 6.07) is 10.7.